The van der Waals surface area contributed by atoms with Gasteiger partial charge >= 0.3 is 0 Å². The van der Waals surface area contributed by atoms with Crippen molar-refractivity contribution in [3.05, 3.63) is 20.3 Å². The number of thiophene rings is 1. The quantitative estimate of drug-likeness (QED) is 0.910. The third-order valence-corrected chi connectivity index (χ3v) is 6.17. The van der Waals surface area contributed by atoms with Crippen molar-refractivity contribution in [2.75, 3.05) is 13.6 Å². The molecule has 1 aliphatic rings. The fraction of sp³-hybridized carbons (Fsp3) is 0.714. The van der Waals surface area contributed by atoms with Crippen molar-refractivity contribution in [2.24, 2.45) is 11.7 Å². The number of nitrogens with two attached hydrogens (primary N) is 1. The van der Waals surface area contributed by atoms with Crippen molar-refractivity contribution < 1.29 is 0 Å². The molecule has 18 heavy (non-hydrogen) atoms. The van der Waals surface area contributed by atoms with Crippen LogP contribution in [0.4, 0.5) is 0 Å². The smallest absolute Gasteiger partial charge is 0.0328 e. The highest BCUT2D eigenvalue weighted by Crippen LogP contribution is 2.31. The molecule has 2 N–H and O–H groups in total. The Bertz CT molecular complexity index is 372. The lowest BCUT2D eigenvalue weighted by molar-refractivity contribution is 0.128. The summed E-state index contributed by atoms with van der Waals surface area (Å²) >= 11 is 5.50. The molecule has 1 heterocycles. The highest BCUT2D eigenvalue weighted by molar-refractivity contribution is 9.10. The lowest BCUT2D eigenvalue weighted by Crippen LogP contribution is -2.42. The molecule has 0 bridgehead atoms. The summed E-state index contributed by atoms with van der Waals surface area (Å²) in [6.45, 7) is 4.06. The Hall–Kier alpha value is 0.100. The Kier molecular flexibility index (Phi) is 5.24. The maximum atomic E-state index is 5.92. The molecular weight excluding hydrogens is 308 g/mol. The molecule has 1 aliphatic carbocycles. The Morgan fingerprint density at radius 1 is 1.44 bits per heavy atom. The van der Waals surface area contributed by atoms with Crippen LogP contribution in [-0.4, -0.2) is 24.5 Å². The van der Waals surface area contributed by atoms with E-state index in [0.29, 0.717) is 12.0 Å². The molecule has 1 aromatic rings. The summed E-state index contributed by atoms with van der Waals surface area (Å²) in [6, 6.07) is 2.93. The van der Waals surface area contributed by atoms with Gasteiger partial charge in [0.25, 0.3) is 0 Å². The second kappa shape index (κ2) is 6.51. The Morgan fingerprint density at radius 3 is 2.78 bits per heavy atom. The number of halogens is 1. The van der Waals surface area contributed by atoms with E-state index in [1.165, 1.54) is 39.9 Å². The van der Waals surface area contributed by atoms with E-state index in [0.717, 1.165) is 13.1 Å². The van der Waals surface area contributed by atoms with Gasteiger partial charge in [0, 0.05) is 26.8 Å². The van der Waals surface area contributed by atoms with Crippen molar-refractivity contribution in [1.82, 2.24) is 4.90 Å². The Balaban J connectivity index is 1.99. The lowest BCUT2D eigenvalue weighted by Gasteiger charge is -2.37. The van der Waals surface area contributed by atoms with Gasteiger partial charge in [-0.3, -0.25) is 4.90 Å². The molecule has 0 aliphatic heterocycles. The third-order valence-electron chi connectivity index (χ3n) is 4.05. The Morgan fingerprint density at radius 2 is 2.17 bits per heavy atom. The van der Waals surface area contributed by atoms with Crippen LogP contribution in [0.1, 0.15) is 35.4 Å². The average molecular weight is 331 g/mol. The number of aryl methyl sites for hydroxylation is 1. The summed E-state index contributed by atoms with van der Waals surface area (Å²) in [7, 11) is 2.25. The van der Waals surface area contributed by atoms with E-state index in [1.54, 1.807) is 0 Å². The average Bonchev–Trinajstić information content (AvgIpc) is 2.68. The summed E-state index contributed by atoms with van der Waals surface area (Å²) in [6.07, 6.45) is 5.33. The zero-order valence-corrected chi connectivity index (χ0v) is 13.7. The molecule has 0 aromatic carbocycles. The zero-order valence-electron chi connectivity index (χ0n) is 11.3. The topological polar surface area (TPSA) is 29.3 Å². The minimum atomic E-state index is 0.671. The van der Waals surface area contributed by atoms with Crippen LogP contribution in [-0.2, 0) is 6.54 Å². The summed E-state index contributed by atoms with van der Waals surface area (Å²) in [4.78, 5) is 5.33. The molecule has 0 amide bonds. The maximum Gasteiger partial charge on any atom is 0.0328 e. The maximum absolute atomic E-state index is 5.92. The second-order valence-electron chi connectivity index (χ2n) is 5.38. The van der Waals surface area contributed by atoms with Gasteiger partial charge in [-0.1, -0.05) is 12.8 Å². The first-order valence-electron chi connectivity index (χ1n) is 6.77. The number of hydrogen-bond acceptors (Lipinski definition) is 3. The molecule has 4 heteroatoms. The predicted octanol–water partition coefficient (Wildman–Crippen LogP) is 3.77. The van der Waals surface area contributed by atoms with Gasteiger partial charge in [0.05, 0.1) is 0 Å². The molecule has 2 unspecified atom stereocenters. The van der Waals surface area contributed by atoms with E-state index in [9.17, 15) is 0 Å². The molecule has 2 nitrogen and oxygen atoms in total. The normalized spacial score (nSPS) is 24.7. The van der Waals surface area contributed by atoms with Gasteiger partial charge < -0.3 is 5.73 Å². The first-order chi connectivity index (χ1) is 8.61. The number of nitrogens with zero attached hydrogens (tertiary/aromatic N) is 1. The summed E-state index contributed by atoms with van der Waals surface area (Å²) in [5.41, 5.74) is 5.92. The number of rotatable bonds is 4. The van der Waals surface area contributed by atoms with Crippen LogP contribution in [0.25, 0.3) is 0 Å². The third kappa shape index (κ3) is 3.35. The van der Waals surface area contributed by atoms with Gasteiger partial charge in [-0.2, -0.15) is 0 Å². The predicted molar refractivity (Wildman–Crippen MR) is 83.0 cm³/mol. The van der Waals surface area contributed by atoms with E-state index >= 15 is 0 Å². The van der Waals surface area contributed by atoms with Gasteiger partial charge in [0.1, 0.15) is 0 Å². The molecule has 102 valence electrons. The monoisotopic (exact) mass is 330 g/mol. The molecule has 2 rings (SSSR count). The van der Waals surface area contributed by atoms with Crippen LogP contribution in [0.2, 0.25) is 0 Å². The molecule has 0 saturated heterocycles. The van der Waals surface area contributed by atoms with Crippen LogP contribution >= 0.6 is 27.3 Å². The van der Waals surface area contributed by atoms with E-state index in [-0.39, 0.29) is 0 Å². The van der Waals surface area contributed by atoms with E-state index in [4.69, 9.17) is 5.73 Å². The fourth-order valence-electron chi connectivity index (χ4n) is 3.00. The molecule has 0 spiro atoms. The van der Waals surface area contributed by atoms with E-state index in [1.807, 2.05) is 11.3 Å². The van der Waals surface area contributed by atoms with Crippen molar-refractivity contribution in [2.45, 2.75) is 45.2 Å². The van der Waals surface area contributed by atoms with Crippen LogP contribution in [0.3, 0.4) is 0 Å². The molecule has 0 radical (unpaired) electrons. The first-order valence-corrected chi connectivity index (χ1v) is 8.38. The molecular formula is C14H23BrN2S. The van der Waals surface area contributed by atoms with Crippen LogP contribution in [0, 0.1) is 12.8 Å². The molecule has 1 saturated carbocycles. The summed E-state index contributed by atoms with van der Waals surface area (Å²) < 4.78 is 1.25. The minimum Gasteiger partial charge on any atom is -0.330 e. The van der Waals surface area contributed by atoms with Crippen LogP contribution in [0.15, 0.2) is 10.5 Å². The van der Waals surface area contributed by atoms with Crippen molar-refractivity contribution in [3.63, 3.8) is 0 Å². The van der Waals surface area contributed by atoms with E-state index < -0.39 is 0 Å². The number of hydrogen-bond donors (Lipinski definition) is 1. The van der Waals surface area contributed by atoms with Crippen LogP contribution in [0.5, 0.6) is 0 Å². The zero-order chi connectivity index (χ0) is 13.1. The van der Waals surface area contributed by atoms with Crippen molar-refractivity contribution in [3.8, 4) is 0 Å². The van der Waals surface area contributed by atoms with Gasteiger partial charge in [0.2, 0.25) is 0 Å². The van der Waals surface area contributed by atoms with Gasteiger partial charge in [0.15, 0.2) is 0 Å². The standard InChI is InChI=1S/C14H23BrN2S/c1-10-13(15)7-12(18-10)9-17(2)14-6-4-3-5-11(14)8-16/h7,11,14H,3-6,8-9,16H2,1-2H3. The lowest BCUT2D eigenvalue weighted by atomic mass is 9.84. The van der Waals surface area contributed by atoms with Crippen molar-refractivity contribution >= 4 is 27.3 Å². The molecule has 1 aromatic heterocycles. The molecule has 2 atom stereocenters. The Labute approximate surface area is 123 Å². The first kappa shape index (κ1) is 14.5. The highest BCUT2D eigenvalue weighted by Gasteiger charge is 2.27. The van der Waals surface area contributed by atoms with Crippen molar-refractivity contribution in [1.29, 1.82) is 0 Å². The minimum absolute atomic E-state index is 0.671. The van der Waals surface area contributed by atoms with Crippen LogP contribution < -0.4 is 5.73 Å². The van der Waals surface area contributed by atoms with Gasteiger partial charge in [-0.05, 0) is 61.3 Å². The van der Waals surface area contributed by atoms with Gasteiger partial charge in [-0.25, -0.2) is 0 Å². The largest absolute Gasteiger partial charge is 0.330 e. The highest BCUT2D eigenvalue weighted by atomic mass is 79.9. The summed E-state index contributed by atoms with van der Waals surface area (Å²) in [5, 5.41) is 0. The fourth-order valence-corrected chi connectivity index (χ4v) is 4.67. The second-order valence-corrected chi connectivity index (χ2v) is 7.57. The molecule has 1 fully saturated rings. The summed E-state index contributed by atoms with van der Waals surface area (Å²) in [5.74, 6) is 0.688. The van der Waals surface area contributed by atoms with Gasteiger partial charge in [-0.15, -0.1) is 11.3 Å². The SMILES string of the molecule is Cc1sc(CN(C)C2CCCCC2CN)cc1Br. The van der Waals surface area contributed by atoms with E-state index in [2.05, 4.69) is 40.9 Å².